The molecule has 0 spiro atoms. The van der Waals surface area contributed by atoms with Crippen LogP contribution in [0.5, 0.6) is 0 Å². The van der Waals surface area contributed by atoms with E-state index in [0.29, 0.717) is 39.0 Å². The number of pyridine rings is 1. The maximum Gasteiger partial charge on any atom is 0.282 e. The van der Waals surface area contributed by atoms with Crippen molar-refractivity contribution in [3.63, 3.8) is 0 Å². The van der Waals surface area contributed by atoms with E-state index in [9.17, 15) is 14.0 Å². The van der Waals surface area contributed by atoms with Gasteiger partial charge in [-0.3, -0.25) is 9.88 Å². The van der Waals surface area contributed by atoms with Gasteiger partial charge in [0.25, 0.3) is 5.92 Å². The van der Waals surface area contributed by atoms with Gasteiger partial charge in [0.2, 0.25) is 0 Å². The van der Waals surface area contributed by atoms with Gasteiger partial charge in [-0.2, -0.15) is 5.26 Å². The van der Waals surface area contributed by atoms with Crippen molar-refractivity contribution in [2.45, 2.75) is 25.4 Å². The number of aromatic nitrogens is 3. The molecule has 0 amide bonds. The minimum Gasteiger partial charge on any atom is -0.324 e. The number of hydrogen-bond acceptors (Lipinski definition) is 7. The smallest absolute Gasteiger partial charge is 0.282 e. The summed E-state index contributed by atoms with van der Waals surface area (Å²) in [5.74, 6) is -2.50. The molecule has 4 N–H and O–H groups in total. The van der Waals surface area contributed by atoms with Gasteiger partial charge in [-0.1, -0.05) is 0 Å². The van der Waals surface area contributed by atoms with Crippen LogP contribution in [0.4, 0.5) is 8.78 Å². The Morgan fingerprint density at radius 1 is 1.43 bits per heavy atom. The number of likely N-dealkylation sites (tertiary alicyclic amines) is 1. The number of nitrogens with zero attached hydrogens (tertiary/aromatic N) is 5. The second-order valence-corrected chi connectivity index (χ2v) is 7.24. The molecule has 1 aliphatic rings. The highest BCUT2D eigenvalue weighted by molar-refractivity contribution is 6.26. The zero-order valence-electron chi connectivity index (χ0n) is 16.7. The van der Waals surface area contributed by atoms with Gasteiger partial charge >= 0.3 is 0 Å². The van der Waals surface area contributed by atoms with Gasteiger partial charge in [-0.15, -0.1) is 0 Å². The molecule has 3 aromatic rings. The lowest BCUT2D eigenvalue weighted by molar-refractivity contribution is -0.0201. The molecule has 0 saturated carbocycles. The van der Waals surface area contributed by atoms with Crippen LogP contribution in [0, 0.1) is 22.1 Å². The summed E-state index contributed by atoms with van der Waals surface area (Å²) < 4.78 is 30.8. The molecule has 30 heavy (non-hydrogen) atoms. The van der Waals surface area contributed by atoms with Crippen LogP contribution in [-0.2, 0) is 6.54 Å². The van der Waals surface area contributed by atoms with E-state index in [-0.39, 0.29) is 19.6 Å². The summed E-state index contributed by atoms with van der Waals surface area (Å²) in [4.78, 5) is 10.3. The molecule has 2 aromatic heterocycles. The number of imidazole rings is 1. The summed E-state index contributed by atoms with van der Waals surface area (Å²) >= 11 is 0. The van der Waals surface area contributed by atoms with Gasteiger partial charge in [0.05, 0.1) is 42.0 Å². The van der Waals surface area contributed by atoms with Gasteiger partial charge in [-0.25, -0.2) is 13.8 Å². The Balaban J connectivity index is 0.000000461. The first-order valence-corrected chi connectivity index (χ1v) is 9.23. The lowest BCUT2D eigenvalue weighted by atomic mass is 10.1. The molecule has 1 unspecified atom stereocenters. The van der Waals surface area contributed by atoms with Crippen LogP contribution in [0.25, 0.3) is 21.9 Å². The van der Waals surface area contributed by atoms with E-state index in [1.807, 2.05) is 0 Å². The maximum absolute atomic E-state index is 14.6. The fraction of sp³-hybridized carbons (Fsp3) is 0.350. The topological polar surface area (TPSA) is 131 Å². The van der Waals surface area contributed by atoms with E-state index in [0.717, 1.165) is 6.21 Å². The summed E-state index contributed by atoms with van der Waals surface area (Å²) in [5.41, 5.74) is 8.23. The number of nitriles is 1. The molecular weight excluding hydrogens is 390 g/mol. The second kappa shape index (κ2) is 8.22. The van der Waals surface area contributed by atoms with E-state index >= 15 is 0 Å². The molecule has 0 radical (unpaired) electrons. The van der Waals surface area contributed by atoms with Crippen LogP contribution in [-0.4, -0.2) is 57.4 Å². The second-order valence-electron chi connectivity index (χ2n) is 7.24. The zero-order valence-corrected chi connectivity index (χ0v) is 16.7. The van der Waals surface area contributed by atoms with Gasteiger partial charge in [-0.05, 0) is 32.2 Å². The molecule has 3 heterocycles. The van der Waals surface area contributed by atoms with Crippen molar-refractivity contribution in [3.05, 3.63) is 35.8 Å². The number of hydrogen-bond donors (Lipinski definition) is 3. The van der Waals surface area contributed by atoms with Crippen LogP contribution < -0.4 is 5.73 Å². The summed E-state index contributed by atoms with van der Waals surface area (Å²) in [6.45, 7) is 1.50. The first-order valence-electron chi connectivity index (χ1n) is 9.23. The normalized spacial score (nSPS) is 18.1. The standard InChI is InChI=1S/C17H16F2N6.C3H6N2/c1-24-8-14(17(18,19)9-24)25-15(6-21)23-13-7-22-12-3-2-10(5-20)4-11(12)16(13)25;1-3(5)2-4/h2-4,7,14H,6,8-9,21H2,1H3;2,4-5H,1H3. The number of likely N-dealkylation sites (N-methyl/N-ethyl adjacent to an activating group) is 1. The van der Waals surface area contributed by atoms with Crippen LogP contribution in [0.2, 0.25) is 0 Å². The fourth-order valence-corrected chi connectivity index (χ4v) is 3.60. The Kier molecular flexibility index (Phi) is 5.87. The number of alkyl halides is 2. The van der Waals surface area contributed by atoms with Crippen LogP contribution in [0.15, 0.2) is 24.4 Å². The molecule has 156 valence electrons. The first kappa shape index (κ1) is 21.4. The molecule has 0 aliphatic carbocycles. The van der Waals surface area contributed by atoms with Crippen molar-refractivity contribution in [1.82, 2.24) is 19.4 Å². The highest BCUT2D eigenvalue weighted by atomic mass is 19.3. The van der Waals surface area contributed by atoms with Gasteiger partial charge in [0, 0.05) is 23.9 Å². The molecule has 1 saturated heterocycles. The number of nitrogens with two attached hydrogens (primary N) is 1. The molecular formula is C20H22F2N8. The third kappa shape index (κ3) is 3.90. The maximum atomic E-state index is 14.6. The Bertz CT molecular complexity index is 1160. The molecule has 4 rings (SSSR count). The van der Waals surface area contributed by atoms with Gasteiger partial charge in [0.15, 0.2) is 0 Å². The van der Waals surface area contributed by atoms with E-state index in [1.54, 1.807) is 47.8 Å². The van der Waals surface area contributed by atoms with Crippen molar-refractivity contribution in [2.75, 3.05) is 20.1 Å². The number of rotatable bonds is 3. The van der Waals surface area contributed by atoms with E-state index in [4.69, 9.17) is 16.6 Å². The van der Waals surface area contributed by atoms with Crippen molar-refractivity contribution < 1.29 is 8.78 Å². The Morgan fingerprint density at radius 2 is 2.13 bits per heavy atom. The average Bonchev–Trinajstić information content (AvgIpc) is 3.22. The lowest BCUT2D eigenvalue weighted by Crippen LogP contribution is -2.31. The molecule has 10 heteroatoms. The minimum absolute atomic E-state index is 0.0460. The number of halogens is 2. The van der Waals surface area contributed by atoms with Crippen molar-refractivity contribution in [1.29, 1.82) is 16.1 Å². The van der Waals surface area contributed by atoms with E-state index in [1.165, 1.54) is 0 Å². The highest BCUT2D eigenvalue weighted by Gasteiger charge is 2.49. The van der Waals surface area contributed by atoms with E-state index < -0.39 is 12.0 Å². The number of benzene rings is 1. The molecule has 1 aliphatic heterocycles. The monoisotopic (exact) mass is 412 g/mol. The Labute approximate surface area is 171 Å². The Hall–Kier alpha value is -3.29. The van der Waals surface area contributed by atoms with Crippen molar-refractivity contribution in [2.24, 2.45) is 5.73 Å². The average molecular weight is 412 g/mol. The van der Waals surface area contributed by atoms with Crippen molar-refractivity contribution in [3.8, 4) is 6.07 Å². The fourth-order valence-electron chi connectivity index (χ4n) is 3.60. The highest BCUT2D eigenvalue weighted by Crippen LogP contribution is 2.40. The summed E-state index contributed by atoms with van der Waals surface area (Å²) in [5, 5.41) is 22.6. The quantitative estimate of drug-likeness (QED) is 0.569. The van der Waals surface area contributed by atoms with Crippen LogP contribution in [0.1, 0.15) is 24.4 Å². The van der Waals surface area contributed by atoms with Crippen molar-refractivity contribution >= 4 is 33.9 Å². The predicted octanol–water partition coefficient (Wildman–Crippen LogP) is 2.71. The SMILES string of the molecule is CC(=N)C=N.CN1CC(n2c(CN)nc3cnc4ccc(C#N)cc4c32)C(F)(F)C1. The predicted molar refractivity (Wildman–Crippen MR) is 111 cm³/mol. The summed E-state index contributed by atoms with van der Waals surface area (Å²) in [7, 11) is 1.67. The molecule has 0 bridgehead atoms. The van der Waals surface area contributed by atoms with Gasteiger partial charge < -0.3 is 21.1 Å². The molecule has 1 atom stereocenters. The lowest BCUT2D eigenvalue weighted by Gasteiger charge is -2.22. The molecule has 8 nitrogen and oxygen atoms in total. The van der Waals surface area contributed by atoms with Crippen LogP contribution in [0.3, 0.4) is 0 Å². The number of nitrogens with one attached hydrogen (secondary N) is 2. The third-order valence-corrected chi connectivity index (χ3v) is 4.88. The largest absolute Gasteiger partial charge is 0.324 e. The van der Waals surface area contributed by atoms with Crippen LogP contribution >= 0.6 is 0 Å². The molecule has 1 fully saturated rings. The Morgan fingerprint density at radius 3 is 2.67 bits per heavy atom. The zero-order chi connectivity index (χ0) is 22.1. The third-order valence-electron chi connectivity index (χ3n) is 4.88. The number of fused-ring (bicyclic) bond motifs is 3. The first-order chi connectivity index (χ1) is 14.2. The van der Waals surface area contributed by atoms with E-state index in [2.05, 4.69) is 16.0 Å². The minimum atomic E-state index is -2.89. The van der Waals surface area contributed by atoms with Gasteiger partial charge in [0.1, 0.15) is 17.4 Å². The summed E-state index contributed by atoms with van der Waals surface area (Å²) in [6, 6.07) is 6.06. The summed E-state index contributed by atoms with van der Waals surface area (Å²) in [6.07, 6.45) is 2.57. The molecule has 1 aromatic carbocycles.